The topological polar surface area (TPSA) is 83.1 Å². The summed E-state index contributed by atoms with van der Waals surface area (Å²) in [7, 11) is -6.21. The zero-order chi connectivity index (χ0) is 43.8. The molecule has 1 aliphatic heterocycles. The van der Waals surface area contributed by atoms with Crippen molar-refractivity contribution >= 4 is 36.8 Å². The quantitative estimate of drug-likeness (QED) is 0.0733. The lowest BCUT2D eigenvalue weighted by Crippen LogP contribution is -2.49. The van der Waals surface area contributed by atoms with Crippen molar-refractivity contribution in [3.8, 4) is 0 Å². The molecule has 1 aliphatic rings. The Kier molecular flexibility index (Phi) is 21.7. The highest BCUT2D eigenvalue weighted by atomic mass is 28.4. The van der Waals surface area contributed by atoms with Crippen molar-refractivity contribution in [2.24, 2.45) is 5.92 Å². The van der Waals surface area contributed by atoms with E-state index in [1.807, 2.05) is 32.9 Å². The molecule has 57 heavy (non-hydrogen) atoms. The van der Waals surface area contributed by atoms with Crippen LogP contribution in [0.25, 0.3) is 0 Å². The van der Waals surface area contributed by atoms with Gasteiger partial charge >= 0.3 is 5.97 Å². The zero-order valence-electron chi connectivity index (χ0n) is 39.4. The van der Waals surface area contributed by atoms with E-state index in [2.05, 4.69) is 143 Å². The number of carbonyl (C=O) groups excluding carboxylic acids is 2. The van der Waals surface area contributed by atoms with Gasteiger partial charge in [0, 0.05) is 30.7 Å². The molecule has 0 aromatic carbocycles. The second kappa shape index (κ2) is 23.4. The van der Waals surface area contributed by atoms with E-state index in [4.69, 9.17) is 18.0 Å². The summed E-state index contributed by atoms with van der Waals surface area (Å²) >= 11 is 0. The maximum absolute atomic E-state index is 13.2. The van der Waals surface area contributed by atoms with E-state index < -0.39 is 25.0 Å². The van der Waals surface area contributed by atoms with Crippen molar-refractivity contribution in [3.63, 3.8) is 0 Å². The largest absolute Gasteiger partial charge is 0.458 e. The first-order valence-corrected chi connectivity index (χ1v) is 30.5. The lowest BCUT2D eigenvalue weighted by Gasteiger charge is -2.42. The monoisotopic (exact) mass is 842 g/mol. The molecule has 0 aliphatic carbocycles. The Labute approximate surface area is 353 Å². The van der Waals surface area contributed by atoms with Gasteiger partial charge in [0.1, 0.15) is 6.10 Å². The van der Waals surface area contributed by atoms with Crippen molar-refractivity contribution in [2.75, 3.05) is 0 Å². The van der Waals surface area contributed by atoms with Crippen LogP contribution in [-0.4, -0.2) is 61.2 Å². The van der Waals surface area contributed by atoms with Gasteiger partial charge in [-0.1, -0.05) is 108 Å². The minimum atomic E-state index is -2.17. The Morgan fingerprint density at radius 3 is 2.07 bits per heavy atom. The fraction of sp³-hybridized carbons (Fsp3) is 0.660. The average Bonchev–Trinajstić information content (AvgIpc) is 3.02. The second-order valence-electron chi connectivity index (χ2n) is 20.3. The van der Waals surface area contributed by atoms with Crippen molar-refractivity contribution in [2.45, 2.75) is 195 Å². The van der Waals surface area contributed by atoms with E-state index in [1.54, 1.807) is 18.4 Å². The fourth-order valence-corrected chi connectivity index (χ4v) is 9.47. The van der Waals surface area contributed by atoms with Crippen LogP contribution in [0.2, 0.25) is 55.9 Å². The molecule has 0 aromatic rings. The van der Waals surface area contributed by atoms with Crippen LogP contribution in [0, 0.1) is 5.92 Å². The number of rotatable bonds is 11. The average molecular weight is 842 g/mol. The van der Waals surface area contributed by atoms with E-state index >= 15 is 0 Å². The number of ether oxygens (including phenoxy) is 1. The number of esters is 1. The maximum Gasteiger partial charge on any atom is 0.330 e. The van der Waals surface area contributed by atoms with Crippen LogP contribution in [0.3, 0.4) is 0 Å². The lowest BCUT2D eigenvalue weighted by molar-refractivity contribution is -0.144. The van der Waals surface area contributed by atoms with Crippen molar-refractivity contribution < 1.29 is 27.6 Å². The van der Waals surface area contributed by atoms with Crippen LogP contribution in [0.1, 0.15) is 115 Å². The van der Waals surface area contributed by atoms with Gasteiger partial charge in [-0.25, -0.2) is 4.79 Å². The third kappa shape index (κ3) is 21.5. The van der Waals surface area contributed by atoms with Gasteiger partial charge in [0.15, 0.2) is 25.0 Å². The SMILES string of the molecule is CC(C)=CC(=O)N/C=C/C(C)=C/[C@@H](C)[C@H]1C/C(C)=C/C=C/CC[C@@H](O[Si](C)(C)C)[C@H](O[Si](C)(C)C(C)(C)C)/C=C/[C@@H](O[Si](C)(C)C(C)(C)C)CCC/C=C/C(=O)O1. The molecule has 7 nitrogen and oxygen atoms in total. The minimum absolute atomic E-state index is 0.0457. The predicted molar refractivity (Wildman–Crippen MR) is 251 cm³/mol. The van der Waals surface area contributed by atoms with E-state index in [1.165, 1.54) is 0 Å². The summed E-state index contributed by atoms with van der Waals surface area (Å²) in [6.07, 6.45) is 25.6. The Hall–Kier alpha value is -2.35. The van der Waals surface area contributed by atoms with Gasteiger partial charge in [0.05, 0.1) is 18.3 Å². The summed E-state index contributed by atoms with van der Waals surface area (Å²) in [4.78, 5) is 25.3. The predicted octanol–water partition coefficient (Wildman–Crippen LogP) is 13.0. The molecule has 1 amide bonds. The van der Waals surface area contributed by atoms with Gasteiger partial charge in [-0.3, -0.25) is 4.79 Å². The first kappa shape index (κ1) is 52.7. The summed E-state index contributed by atoms with van der Waals surface area (Å²) in [5, 5.41) is 2.89. The molecule has 0 fully saturated rings. The molecular weight excluding hydrogens is 759 g/mol. The van der Waals surface area contributed by atoms with Crippen LogP contribution in [0.5, 0.6) is 0 Å². The number of hydrogen-bond acceptors (Lipinski definition) is 6. The molecule has 0 spiro atoms. The fourth-order valence-electron chi connectivity index (χ4n) is 5.73. The maximum atomic E-state index is 13.2. The molecule has 10 heteroatoms. The third-order valence-corrected chi connectivity index (χ3v) is 21.0. The smallest absolute Gasteiger partial charge is 0.330 e. The first-order chi connectivity index (χ1) is 26.0. The van der Waals surface area contributed by atoms with Crippen LogP contribution < -0.4 is 5.32 Å². The summed E-state index contributed by atoms with van der Waals surface area (Å²) < 4.78 is 27.4. The highest BCUT2D eigenvalue weighted by molar-refractivity contribution is 6.74. The summed E-state index contributed by atoms with van der Waals surface area (Å²) in [5.74, 6) is -0.568. The number of allylic oxidation sites excluding steroid dienone is 7. The normalized spacial score (nSPS) is 25.4. The molecule has 0 saturated heterocycles. The Balaban J connectivity index is 3.63. The van der Waals surface area contributed by atoms with Gasteiger partial charge in [0.2, 0.25) is 5.91 Å². The lowest BCUT2D eigenvalue weighted by atomic mass is 9.95. The molecule has 5 atom stereocenters. The molecule has 0 aromatic heterocycles. The second-order valence-corrected chi connectivity index (χ2v) is 34.3. The summed E-state index contributed by atoms with van der Waals surface area (Å²) in [5.41, 5.74) is 3.02. The van der Waals surface area contributed by atoms with Crippen LogP contribution in [0.4, 0.5) is 0 Å². The Bertz CT molecular complexity index is 1490. The van der Waals surface area contributed by atoms with Gasteiger partial charge in [-0.05, 0) is 122 Å². The number of nitrogens with one attached hydrogen (secondary N) is 1. The summed E-state index contributed by atoms with van der Waals surface area (Å²) in [6, 6.07) is 0. The van der Waals surface area contributed by atoms with E-state index in [0.717, 1.165) is 48.8 Å². The van der Waals surface area contributed by atoms with Gasteiger partial charge in [0.25, 0.3) is 0 Å². The van der Waals surface area contributed by atoms with Crippen molar-refractivity contribution in [1.82, 2.24) is 5.32 Å². The molecule has 324 valence electrons. The summed E-state index contributed by atoms with van der Waals surface area (Å²) in [6.45, 7) is 39.7. The Morgan fingerprint density at radius 1 is 0.877 bits per heavy atom. The molecule has 1 N–H and O–H groups in total. The molecule has 1 heterocycles. The van der Waals surface area contributed by atoms with Crippen LogP contribution in [-0.2, 0) is 27.6 Å². The number of hydrogen-bond donors (Lipinski definition) is 1. The zero-order valence-corrected chi connectivity index (χ0v) is 42.4. The third-order valence-electron chi connectivity index (χ3n) is 11.0. The van der Waals surface area contributed by atoms with Crippen LogP contribution in [0.15, 0.2) is 83.7 Å². The highest BCUT2D eigenvalue weighted by Crippen LogP contribution is 2.40. The van der Waals surface area contributed by atoms with Crippen LogP contribution >= 0.6 is 0 Å². The van der Waals surface area contributed by atoms with Gasteiger partial charge in [-0.15, -0.1) is 0 Å². The van der Waals surface area contributed by atoms with E-state index in [0.29, 0.717) is 6.42 Å². The molecule has 1 rings (SSSR count). The van der Waals surface area contributed by atoms with E-state index in [9.17, 15) is 9.59 Å². The first-order valence-electron chi connectivity index (χ1n) is 21.2. The molecule has 0 bridgehead atoms. The van der Waals surface area contributed by atoms with Gasteiger partial charge in [-0.2, -0.15) is 0 Å². The number of cyclic esters (lactones) is 1. The van der Waals surface area contributed by atoms with E-state index in [-0.39, 0.29) is 52.3 Å². The van der Waals surface area contributed by atoms with Gasteiger partial charge < -0.3 is 23.3 Å². The molecule has 0 unspecified atom stereocenters. The molecular formula is C47H83NO6Si3. The minimum Gasteiger partial charge on any atom is -0.458 e. The number of carbonyl (C=O) groups is 2. The highest BCUT2D eigenvalue weighted by Gasteiger charge is 2.42. The Morgan fingerprint density at radius 2 is 1.49 bits per heavy atom. The standard InChI is InChI=1S/C47H83NO6Si3/c1-36(2)33-44(49)48-32-31-38(4)34-39(5)43-35-37(3)25-21-19-23-27-41(53-55(12,13)14)42(54-57(17,18)47(9,10)11)30-29-40(52-56(15,16)46(6,7)8)26-22-20-24-28-45(50)51-43/h19,21,24-25,28-34,39-43H,20,22-23,26-27,35H2,1-18H3,(H,48,49)/b21-19+,28-24+,30-29+,32-31+,37-25+,38-34+/t39-,40+,41-,42-,43-/m1/s1. The van der Waals surface area contributed by atoms with Crippen molar-refractivity contribution in [3.05, 3.63) is 83.7 Å². The van der Waals surface area contributed by atoms with Crippen molar-refractivity contribution in [1.29, 1.82) is 0 Å². The molecule has 0 saturated carbocycles. The number of amides is 1. The molecule has 0 radical (unpaired) electrons.